The highest BCUT2D eigenvalue weighted by atomic mass is 19.1. The van der Waals surface area contributed by atoms with Crippen LogP contribution in [0.25, 0.3) is 0 Å². The van der Waals surface area contributed by atoms with Crippen molar-refractivity contribution in [3.63, 3.8) is 0 Å². The number of carbonyl (C=O) groups is 1. The van der Waals surface area contributed by atoms with Gasteiger partial charge in [-0.05, 0) is 31.0 Å². The summed E-state index contributed by atoms with van der Waals surface area (Å²) in [6, 6.07) is 4.46. The normalized spacial score (nSPS) is 11.2. The summed E-state index contributed by atoms with van der Waals surface area (Å²) in [5, 5.41) is 9.14. The summed E-state index contributed by atoms with van der Waals surface area (Å²) in [7, 11) is 1.38. The monoisotopic (exact) mass is 297 g/mol. The molecule has 0 radical (unpaired) electrons. The summed E-state index contributed by atoms with van der Waals surface area (Å²) < 4.78 is 18.5. The van der Waals surface area contributed by atoms with Gasteiger partial charge >= 0.3 is 0 Å². The zero-order valence-corrected chi connectivity index (χ0v) is 12.9. The molecule has 118 valence electrons. The van der Waals surface area contributed by atoms with Crippen molar-refractivity contribution < 1.29 is 19.0 Å². The molecule has 0 heterocycles. The van der Waals surface area contributed by atoms with Crippen LogP contribution in [0.15, 0.2) is 18.2 Å². The van der Waals surface area contributed by atoms with Crippen molar-refractivity contribution in [2.45, 2.75) is 32.7 Å². The van der Waals surface area contributed by atoms with Crippen LogP contribution in [0.2, 0.25) is 0 Å². The van der Waals surface area contributed by atoms with Crippen LogP contribution in [0.5, 0.6) is 5.75 Å². The SMILES string of the molecule is CCC(CC)N(CCO)CC(=O)c1ccc(OC)c(F)c1. The lowest BCUT2D eigenvalue weighted by molar-refractivity contribution is 0.0850. The molecule has 0 amide bonds. The fourth-order valence-electron chi connectivity index (χ4n) is 2.44. The van der Waals surface area contributed by atoms with E-state index >= 15 is 0 Å². The third-order valence-electron chi connectivity index (χ3n) is 3.67. The Bertz CT molecular complexity index is 461. The van der Waals surface area contributed by atoms with Crippen LogP contribution in [-0.2, 0) is 0 Å². The fourth-order valence-corrected chi connectivity index (χ4v) is 2.44. The summed E-state index contributed by atoms with van der Waals surface area (Å²) in [6.07, 6.45) is 1.81. The minimum Gasteiger partial charge on any atom is -0.494 e. The van der Waals surface area contributed by atoms with E-state index in [9.17, 15) is 9.18 Å². The molecule has 0 aliphatic rings. The second kappa shape index (κ2) is 8.74. The van der Waals surface area contributed by atoms with Gasteiger partial charge in [0.2, 0.25) is 0 Å². The Labute approximate surface area is 125 Å². The van der Waals surface area contributed by atoms with Gasteiger partial charge in [0.25, 0.3) is 0 Å². The van der Waals surface area contributed by atoms with Crippen LogP contribution >= 0.6 is 0 Å². The number of aliphatic hydroxyl groups is 1. The second-order valence-corrected chi connectivity index (χ2v) is 4.94. The van der Waals surface area contributed by atoms with E-state index in [4.69, 9.17) is 9.84 Å². The van der Waals surface area contributed by atoms with Crippen LogP contribution < -0.4 is 4.74 Å². The van der Waals surface area contributed by atoms with Crippen LogP contribution in [0, 0.1) is 5.82 Å². The van der Waals surface area contributed by atoms with Gasteiger partial charge in [-0.3, -0.25) is 9.69 Å². The molecule has 0 atom stereocenters. The number of nitrogens with zero attached hydrogens (tertiary/aromatic N) is 1. The molecule has 0 bridgehead atoms. The number of rotatable bonds is 9. The average Bonchev–Trinajstić information content (AvgIpc) is 2.48. The van der Waals surface area contributed by atoms with E-state index in [1.807, 2.05) is 4.90 Å². The summed E-state index contributed by atoms with van der Waals surface area (Å²) in [5.74, 6) is -0.574. The maximum atomic E-state index is 13.7. The van der Waals surface area contributed by atoms with E-state index < -0.39 is 5.82 Å². The molecule has 0 saturated heterocycles. The Balaban J connectivity index is 2.83. The lowest BCUT2D eigenvalue weighted by atomic mass is 10.1. The van der Waals surface area contributed by atoms with E-state index in [0.29, 0.717) is 12.1 Å². The maximum Gasteiger partial charge on any atom is 0.176 e. The predicted octanol–water partition coefficient (Wildman–Crippen LogP) is 2.50. The van der Waals surface area contributed by atoms with Crippen molar-refractivity contribution in [3.8, 4) is 5.75 Å². The molecule has 0 aliphatic carbocycles. The number of Topliss-reactive ketones (excluding diaryl/α,β-unsaturated/α-hetero) is 1. The van der Waals surface area contributed by atoms with Gasteiger partial charge in [-0.2, -0.15) is 0 Å². The van der Waals surface area contributed by atoms with Gasteiger partial charge in [0.05, 0.1) is 20.3 Å². The summed E-state index contributed by atoms with van der Waals surface area (Å²) in [5.41, 5.74) is 0.321. The average molecular weight is 297 g/mol. The van der Waals surface area contributed by atoms with Crippen molar-refractivity contribution in [2.75, 3.05) is 26.8 Å². The van der Waals surface area contributed by atoms with E-state index in [1.54, 1.807) is 6.07 Å². The highest BCUT2D eigenvalue weighted by molar-refractivity contribution is 5.97. The second-order valence-electron chi connectivity index (χ2n) is 4.94. The van der Waals surface area contributed by atoms with Crippen LogP contribution in [0.1, 0.15) is 37.0 Å². The Kier molecular flexibility index (Phi) is 7.32. The fraction of sp³-hybridized carbons (Fsp3) is 0.562. The molecule has 0 spiro atoms. The first-order valence-corrected chi connectivity index (χ1v) is 7.28. The highest BCUT2D eigenvalue weighted by Crippen LogP contribution is 2.18. The first-order chi connectivity index (χ1) is 10.1. The molecule has 0 unspecified atom stereocenters. The molecule has 0 fully saturated rings. The van der Waals surface area contributed by atoms with Gasteiger partial charge in [0, 0.05) is 18.2 Å². The Morgan fingerprint density at radius 1 is 1.38 bits per heavy atom. The van der Waals surface area contributed by atoms with Gasteiger partial charge in [0.1, 0.15) is 0 Å². The molecular weight excluding hydrogens is 273 g/mol. The molecule has 1 rings (SSSR count). The molecule has 1 N–H and O–H groups in total. The van der Waals surface area contributed by atoms with Crippen LogP contribution in [0.4, 0.5) is 4.39 Å². The number of hydrogen-bond donors (Lipinski definition) is 1. The zero-order valence-electron chi connectivity index (χ0n) is 12.9. The number of ether oxygens (including phenoxy) is 1. The Hall–Kier alpha value is -1.46. The smallest absolute Gasteiger partial charge is 0.176 e. The van der Waals surface area contributed by atoms with Gasteiger partial charge in [-0.1, -0.05) is 13.8 Å². The number of ketones is 1. The molecule has 21 heavy (non-hydrogen) atoms. The third-order valence-corrected chi connectivity index (χ3v) is 3.67. The van der Waals surface area contributed by atoms with Gasteiger partial charge < -0.3 is 9.84 Å². The lowest BCUT2D eigenvalue weighted by Gasteiger charge is -2.29. The number of methoxy groups -OCH3 is 1. The van der Waals surface area contributed by atoms with Crippen molar-refractivity contribution in [1.29, 1.82) is 0 Å². The quantitative estimate of drug-likeness (QED) is 0.712. The molecule has 1 aromatic carbocycles. The van der Waals surface area contributed by atoms with E-state index in [0.717, 1.165) is 12.8 Å². The molecule has 1 aromatic rings. The minimum absolute atomic E-state index is 0.000748. The number of aliphatic hydroxyl groups excluding tert-OH is 1. The van der Waals surface area contributed by atoms with Crippen molar-refractivity contribution in [1.82, 2.24) is 4.90 Å². The zero-order chi connectivity index (χ0) is 15.8. The Morgan fingerprint density at radius 2 is 2.05 bits per heavy atom. The molecule has 0 aliphatic heterocycles. The van der Waals surface area contributed by atoms with Crippen molar-refractivity contribution >= 4 is 5.78 Å². The summed E-state index contributed by atoms with van der Waals surface area (Å²) in [6.45, 7) is 4.72. The first kappa shape index (κ1) is 17.6. The Morgan fingerprint density at radius 3 is 2.52 bits per heavy atom. The van der Waals surface area contributed by atoms with Gasteiger partial charge in [-0.25, -0.2) is 4.39 Å². The van der Waals surface area contributed by atoms with Crippen molar-refractivity contribution in [2.24, 2.45) is 0 Å². The molecular formula is C16H24FNO3. The van der Waals surface area contributed by atoms with Crippen LogP contribution in [-0.4, -0.2) is 48.6 Å². The highest BCUT2D eigenvalue weighted by Gasteiger charge is 2.19. The van der Waals surface area contributed by atoms with Gasteiger partial charge in [-0.15, -0.1) is 0 Å². The van der Waals surface area contributed by atoms with Crippen LogP contribution in [0.3, 0.4) is 0 Å². The topological polar surface area (TPSA) is 49.8 Å². The number of benzene rings is 1. The number of hydrogen-bond acceptors (Lipinski definition) is 4. The summed E-state index contributed by atoms with van der Waals surface area (Å²) in [4.78, 5) is 14.2. The number of halogens is 1. The number of carbonyl (C=O) groups excluding carboxylic acids is 1. The van der Waals surface area contributed by atoms with Crippen molar-refractivity contribution in [3.05, 3.63) is 29.6 Å². The maximum absolute atomic E-state index is 13.7. The third kappa shape index (κ3) is 4.79. The molecule has 5 heteroatoms. The standard InChI is InChI=1S/C16H24FNO3/c1-4-13(5-2)18(8-9-19)11-15(20)12-6-7-16(21-3)14(17)10-12/h6-7,10,13,19H,4-5,8-9,11H2,1-3H3. The molecule has 0 aromatic heterocycles. The van der Waals surface area contributed by atoms with E-state index in [-0.39, 0.29) is 30.7 Å². The largest absolute Gasteiger partial charge is 0.494 e. The molecule has 4 nitrogen and oxygen atoms in total. The predicted molar refractivity (Wildman–Crippen MR) is 80.3 cm³/mol. The first-order valence-electron chi connectivity index (χ1n) is 7.28. The lowest BCUT2D eigenvalue weighted by Crippen LogP contribution is -2.40. The minimum atomic E-state index is -0.542. The van der Waals surface area contributed by atoms with Gasteiger partial charge in [0.15, 0.2) is 17.3 Å². The molecule has 0 saturated carbocycles. The van der Waals surface area contributed by atoms with E-state index in [1.165, 1.54) is 19.2 Å². The summed E-state index contributed by atoms with van der Waals surface area (Å²) >= 11 is 0. The van der Waals surface area contributed by atoms with E-state index in [2.05, 4.69) is 13.8 Å².